The number of hydrogen-bond acceptors (Lipinski definition) is 4. The molecular formula is C13H20N4O. The van der Waals surface area contributed by atoms with Crippen LogP contribution in [0, 0.1) is 6.92 Å². The van der Waals surface area contributed by atoms with Crippen LogP contribution in [0.5, 0.6) is 0 Å². The van der Waals surface area contributed by atoms with Gasteiger partial charge in [-0.2, -0.15) is 5.10 Å². The average Bonchev–Trinajstić information content (AvgIpc) is 2.77. The first kappa shape index (κ1) is 13.0. The Hall–Kier alpha value is -1.46. The number of hydrogen-bond donors (Lipinski definition) is 1. The minimum atomic E-state index is 0.300. The van der Waals surface area contributed by atoms with Crippen LogP contribution >= 0.6 is 0 Å². The zero-order chi connectivity index (χ0) is 13.0. The average molecular weight is 248 g/mol. The predicted molar refractivity (Wildman–Crippen MR) is 70.8 cm³/mol. The van der Waals surface area contributed by atoms with E-state index in [1.54, 1.807) is 13.4 Å². The molecule has 1 N–H and O–H groups in total. The number of rotatable bonds is 6. The largest absolute Gasteiger partial charge is 0.383 e. The van der Waals surface area contributed by atoms with Gasteiger partial charge >= 0.3 is 0 Å². The number of ether oxygens (including phenoxy) is 1. The third-order valence-corrected chi connectivity index (χ3v) is 2.91. The molecule has 0 aromatic carbocycles. The number of nitrogens with one attached hydrogen (secondary N) is 1. The lowest BCUT2D eigenvalue weighted by molar-refractivity contribution is 0.166. The maximum absolute atomic E-state index is 5.24. The van der Waals surface area contributed by atoms with Crippen molar-refractivity contribution >= 4 is 5.65 Å². The van der Waals surface area contributed by atoms with Crippen LogP contribution < -0.4 is 5.32 Å². The summed E-state index contributed by atoms with van der Waals surface area (Å²) in [6.45, 7) is 5.80. The molecule has 98 valence electrons. The molecule has 2 rings (SSSR count). The van der Waals surface area contributed by atoms with Crippen molar-refractivity contribution in [3.8, 4) is 0 Å². The molecule has 0 radical (unpaired) electrons. The molecule has 0 aliphatic rings. The lowest BCUT2D eigenvalue weighted by Crippen LogP contribution is -2.35. The Morgan fingerprint density at radius 2 is 2.28 bits per heavy atom. The van der Waals surface area contributed by atoms with Gasteiger partial charge in [0, 0.05) is 25.3 Å². The van der Waals surface area contributed by atoms with E-state index in [2.05, 4.69) is 35.3 Å². The molecule has 2 heterocycles. The summed E-state index contributed by atoms with van der Waals surface area (Å²) in [5.74, 6) is 0. The first-order chi connectivity index (χ1) is 8.74. The van der Waals surface area contributed by atoms with Crippen molar-refractivity contribution in [1.82, 2.24) is 19.9 Å². The fourth-order valence-electron chi connectivity index (χ4n) is 2.22. The van der Waals surface area contributed by atoms with Crippen LogP contribution in [0.15, 0.2) is 18.5 Å². The number of methoxy groups -OCH3 is 1. The highest BCUT2D eigenvalue weighted by Crippen LogP contribution is 2.10. The van der Waals surface area contributed by atoms with Gasteiger partial charge in [0.1, 0.15) is 6.33 Å². The summed E-state index contributed by atoms with van der Waals surface area (Å²) < 4.78 is 7.14. The number of fused-ring (bicyclic) bond motifs is 1. The van der Waals surface area contributed by atoms with Gasteiger partial charge in [0.25, 0.3) is 0 Å². The topological polar surface area (TPSA) is 51.5 Å². The second kappa shape index (κ2) is 5.93. The van der Waals surface area contributed by atoms with E-state index in [-0.39, 0.29) is 0 Å². The Morgan fingerprint density at radius 3 is 3.00 bits per heavy atom. The Bertz CT molecular complexity index is 503. The second-order valence-electron chi connectivity index (χ2n) is 4.47. The minimum absolute atomic E-state index is 0.300. The Morgan fingerprint density at radius 1 is 1.44 bits per heavy atom. The Balaban J connectivity index is 2.26. The zero-order valence-corrected chi connectivity index (χ0v) is 11.2. The van der Waals surface area contributed by atoms with Gasteiger partial charge < -0.3 is 10.1 Å². The molecule has 0 bridgehead atoms. The van der Waals surface area contributed by atoms with Crippen LogP contribution in [-0.2, 0) is 11.2 Å². The third-order valence-electron chi connectivity index (χ3n) is 2.91. The number of likely N-dealkylation sites (N-methyl/N-ethyl adjacent to an activating group) is 1. The van der Waals surface area contributed by atoms with Gasteiger partial charge in [0.05, 0.1) is 6.61 Å². The summed E-state index contributed by atoms with van der Waals surface area (Å²) in [7, 11) is 1.73. The van der Waals surface area contributed by atoms with Gasteiger partial charge in [0.15, 0.2) is 5.65 Å². The second-order valence-corrected chi connectivity index (χ2v) is 4.47. The maximum Gasteiger partial charge on any atom is 0.155 e. The van der Waals surface area contributed by atoms with Crippen LogP contribution in [0.2, 0.25) is 0 Å². The van der Waals surface area contributed by atoms with Gasteiger partial charge in [-0.05, 0) is 31.2 Å². The molecular weight excluding hydrogens is 228 g/mol. The van der Waals surface area contributed by atoms with Crippen molar-refractivity contribution in [3.05, 3.63) is 29.7 Å². The SMILES string of the molecule is CCNC(COC)Cc1cc(C)cc2ncnn12. The van der Waals surface area contributed by atoms with E-state index >= 15 is 0 Å². The van der Waals surface area contributed by atoms with E-state index in [1.165, 1.54) is 5.56 Å². The van der Waals surface area contributed by atoms with E-state index in [9.17, 15) is 0 Å². The molecule has 5 nitrogen and oxygen atoms in total. The first-order valence-corrected chi connectivity index (χ1v) is 6.26. The highest BCUT2D eigenvalue weighted by Gasteiger charge is 2.12. The summed E-state index contributed by atoms with van der Waals surface area (Å²) in [5, 5.41) is 7.69. The van der Waals surface area contributed by atoms with Crippen molar-refractivity contribution in [3.63, 3.8) is 0 Å². The van der Waals surface area contributed by atoms with E-state index in [1.807, 2.05) is 10.6 Å². The van der Waals surface area contributed by atoms with Crippen molar-refractivity contribution < 1.29 is 4.74 Å². The smallest absolute Gasteiger partial charge is 0.155 e. The van der Waals surface area contributed by atoms with E-state index in [4.69, 9.17) is 4.74 Å². The molecule has 5 heteroatoms. The molecule has 0 spiro atoms. The molecule has 0 aliphatic carbocycles. The predicted octanol–water partition coefficient (Wildman–Crippen LogP) is 1.20. The van der Waals surface area contributed by atoms with Crippen LogP contribution in [-0.4, -0.2) is 40.9 Å². The van der Waals surface area contributed by atoms with Gasteiger partial charge in [-0.25, -0.2) is 9.50 Å². The van der Waals surface area contributed by atoms with Gasteiger partial charge in [-0.1, -0.05) is 6.92 Å². The fraction of sp³-hybridized carbons (Fsp3) is 0.538. The van der Waals surface area contributed by atoms with Gasteiger partial charge in [-0.15, -0.1) is 0 Å². The third kappa shape index (κ3) is 2.86. The van der Waals surface area contributed by atoms with Crippen molar-refractivity contribution in [1.29, 1.82) is 0 Å². The molecule has 0 fully saturated rings. The van der Waals surface area contributed by atoms with Crippen molar-refractivity contribution in [2.75, 3.05) is 20.3 Å². The number of nitrogens with zero attached hydrogens (tertiary/aromatic N) is 3. The van der Waals surface area contributed by atoms with E-state index in [0.717, 1.165) is 24.3 Å². The van der Waals surface area contributed by atoms with Crippen molar-refractivity contribution in [2.45, 2.75) is 26.3 Å². The molecule has 0 aliphatic heterocycles. The van der Waals surface area contributed by atoms with Crippen molar-refractivity contribution in [2.24, 2.45) is 0 Å². The minimum Gasteiger partial charge on any atom is -0.383 e. The quantitative estimate of drug-likeness (QED) is 0.834. The summed E-state index contributed by atoms with van der Waals surface area (Å²) >= 11 is 0. The summed E-state index contributed by atoms with van der Waals surface area (Å²) in [6.07, 6.45) is 2.47. The highest BCUT2D eigenvalue weighted by atomic mass is 16.5. The summed E-state index contributed by atoms with van der Waals surface area (Å²) in [4.78, 5) is 4.24. The van der Waals surface area contributed by atoms with E-state index in [0.29, 0.717) is 12.6 Å². The molecule has 2 aromatic rings. The van der Waals surface area contributed by atoms with E-state index < -0.39 is 0 Å². The number of aryl methyl sites for hydroxylation is 1. The molecule has 0 saturated carbocycles. The fourth-order valence-corrected chi connectivity index (χ4v) is 2.22. The van der Waals surface area contributed by atoms with Gasteiger partial charge in [0.2, 0.25) is 0 Å². The van der Waals surface area contributed by atoms with Crippen LogP contribution in [0.25, 0.3) is 5.65 Å². The summed E-state index contributed by atoms with van der Waals surface area (Å²) in [5.41, 5.74) is 3.27. The normalized spacial score (nSPS) is 13.1. The standard InChI is InChI=1S/C13H20N4O/c1-4-14-11(8-18-3)7-12-5-10(2)6-13-15-9-16-17(12)13/h5-6,9,11,14H,4,7-8H2,1-3H3. The first-order valence-electron chi connectivity index (χ1n) is 6.26. The molecule has 1 atom stereocenters. The zero-order valence-electron chi connectivity index (χ0n) is 11.2. The highest BCUT2D eigenvalue weighted by molar-refractivity contribution is 5.41. The monoisotopic (exact) mass is 248 g/mol. The Labute approximate surface area is 107 Å². The summed E-state index contributed by atoms with van der Waals surface area (Å²) in [6, 6.07) is 4.49. The molecule has 0 saturated heterocycles. The number of pyridine rings is 1. The lowest BCUT2D eigenvalue weighted by atomic mass is 10.1. The number of aromatic nitrogens is 3. The molecule has 0 amide bonds. The molecule has 2 aromatic heterocycles. The van der Waals surface area contributed by atoms with Crippen LogP contribution in [0.4, 0.5) is 0 Å². The van der Waals surface area contributed by atoms with Crippen LogP contribution in [0.3, 0.4) is 0 Å². The van der Waals surface area contributed by atoms with Crippen LogP contribution in [0.1, 0.15) is 18.2 Å². The Kier molecular flexibility index (Phi) is 4.28. The van der Waals surface area contributed by atoms with Gasteiger partial charge in [-0.3, -0.25) is 0 Å². The molecule has 18 heavy (non-hydrogen) atoms. The molecule has 1 unspecified atom stereocenters. The lowest BCUT2D eigenvalue weighted by Gasteiger charge is -2.17. The maximum atomic E-state index is 5.24.